The average Bonchev–Trinajstić information content (AvgIpc) is 2.83. The van der Waals surface area contributed by atoms with Crippen LogP contribution in [0.5, 0.6) is 0 Å². The molecule has 4 heteroatoms. The summed E-state index contributed by atoms with van der Waals surface area (Å²) in [7, 11) is 1.82. The van der Waals surface area contributed by atoms with Crippen LogP contribution in [-0.2, 0) is 16.0 Å². The summed E-state index contributed by atoms with van der Waals surface area (Å²) in [5.74, 6) is 2.23. The van der Waals surface area contributed by atoms with Gasteiger partial charge in [0.25, 0.3) is 0 Å². The highest BCUT2D eigenvalue weighted by molar-refractivity contribution is 6.03. The van der Waals surface area contributed by atoms with Gasteiger partial charge in [-0.25, -0.2) is 4.79 Å². The third-order valence-electron chi connectivity index (χ3n) is 7.59. The highest BCUT2D eigenvalue weighted by Gasteiger charge is 2.37. The minimum atomic E-state index is -0.484. The molecule has 1 aliphatic carbocycles. The van der Waals surface area contributed by atoms with E-state index in [1.165, 1.54) is 12.0 Å². The second-order valence-electron chi connectivity index (χ2n) is 10.7. The molecule has 2 aromatic rings. The zero-order valence-electron chi connectivity index (χ0n) is 22.8. The summed E-state index contributed by atoms with van der Waals surface area (Å²) < 4.78 is 6.44. The molecule has 1 saturated carbocycles. The lowest BCUT2D eigenvalue weighted by molar-refractivity contribution is -0.157. The van der Waals surface area contributed by atoms with Gasteiger partial charge < -0.3 is 9.64 Å². The predicted octanol–water partition coefficient (Wildman–Crippen LogP) is 7.16. The van der Waals surface area contributed by atoms with Crippen molar-refractivity contribution >= 4 is 17.5 Å². The molecular weight excluding hydrogens is 432 g/mol. The van der Waals surface area contributed by atoms with Gasteiger partial charge in [0.1, 0.15) is 18.0 Å². The van der Waals surface area contributed by atoms with Gasteiger partial charge in [-0.1, -0.05) is 82.1 Å². The SMILES string of the molecule is CC/C(=N\C)N(c1ccccc1C)[C@H](Cc1ccc(C)cc1)C(=O)O[C@@H]1C[C@H](C)CC[C@H]1C(C)C. The third kappa shape index (κ3) is 6.74. The smallest absolute Gasteiger partial charge is 0.329 e. The van der Waals surface area contributed by atoms with E-state index < -0.39 is 6.04 Å². The number of anilines is 1. The standard InChI is InChI=1S/C31H44N2O2/c1-8-30(32-7)33(27-12-10-9-11-24(27)6)28(20-25-16-13-22(4)14-17-25)31(34)35-29-19-23(5)15-18-26(29)21(2)3/h9-14,16-17,21,23,26,28-29H,8,15,18-20H2,1-7H3/b32-30+/t23-,26+,28-,29-/m1/s1. The van der Waals surface area contributed by atoms with Crippen molar-refractivity contribution in [3.8, 4) is 0 Å². The van der Waals surface area contributed by atoms with Gasteiger partial charge in [-0.3, -0.25) is 4.99 Å². The maximum absolute atomic E-state index is 14.1. The molecule has 4 atom stereocenters. The molecule has 0 aliphatic heterocycles. The van der Waals surface area contributed by atoms with Crippen LogP contribution in [0.25, 0.3) is 0 Å². The summed E-state index contributed by atoms with van der Waals surface area (Å²) in [5, 5.41) is 0. The Morgan fingerprint density at radius 3 is 2.37 bits per heavy atom. The van der Waals surface area contributed by atoms with Gasteiger partial charge in [-0.15, -0.1) is 0 Å². The van der Waals surface area contributed by atoms with E-state index in [2.05, 4.69) is 87.8 Å². The van der Waals surface area contributed by atoms with Crippen LogP contribution in [0.1, 0.15) is 70.1 Å². The number of hydrogen-bond donors (Lipinski definition) is 0. The molecule has 35 heavy (non-hydrogen) atoms. The number of benzene rings is 2. The van der Waals surface area contributed by atoms with E-state index in [0.29, 0.717) is 24.2 Å². The number of hydrogen-bond acceptors (Lipinski definition) is 3. The van der Waals surface area contributed by atoms with E-state index in [1.807, 2.05) is 19.2 Å². The van der Waals surface area contributed by atoms with Gasteiger partial charge in [0.05, 0.1) is 0 Å². The van der Waals surface area contributed by atoms with Crippen molar-refractivity contribution in [2.45, 2.75) is 85.8 Å². The molecule has 1 aliphatic rings. The van der Waals surface area contributed by atoms with E-state index >= 15 is 0 Å². The zero-order chi connectivity index (χ0) is 25.5. The minimum Gasteiger partial charge on any atom is -0.461 e. The fourth-order valence-corrected chi connectivity index (χ4v) is 5.46. The van der Waals surface area contributed by atoms with Gasteiger partial charge in [-0.05, 0) is 61.6 Å². The quantitative estimate of drug-likeness (QED) is 0.230. The van der Waals surface area contributed by atoms with E-state index in [-0.39, 0.29) is 12.1 Å². The fraction of sp³-hybridized carbons (Fsp3) is 0.548. The molecule has 0 heterocycles. The van der Waals surface area contributed by atoms with Crippen LogP contribution >= 0.6 is 0 Å². The highest BCUT2D eigenvalue weighted by atomic mass is 16.5. The van der Waals surface area contributed by atoms with Crippen LogP contribution in [0.2, 0.25) is 0 Å². The molecule has 0 amide bonds. The summed E-state index contributed by atoms with van der Waals surface area (Å²) in [5.41, 5.74) is 4.47. The van der Waals surface area contributed by atoms with Crippen molar-refractivity contribution in [3.63, 3.8) is 0 Å². The number of amidine groups is 1. The van der Waals surface area contributed by atoms with Crippen LogP contribution in [0, 0.1) is 31.6 Å². The number of ether oxygens (including phenoxy) is 1. The first kappa shape index (κ1) is 27.0. The normalized spacial score (nSPS) is 21.6. The summed E-state index contributed by atoms with van der Waals surface area (Å²) in [6, 6.07) is 16.2. The Balaban J connectivity index is 2.03. The number of carbonyl (C=O) groups excluding carboxylic acids is 1. The van der Waals surface area contributed by atoms with Crippen LogP contribution in [-0.4, -0.2) is 31.0 Å². The molecule has 0 unspecified atom stereocenters. The summed E-state index contributed by atoms with van der Waals surface area (Å²) in [4.78, 5) is 20.9. The monoisotopic (exact) mass is 476 g/mol. The summed E-state index contributed by atoms with van der Waals surface area (Å²) >= 11 is 0. The Labute approximate surface area is 212 Å². The maximum Gasteiger partial charge on any atom is 0.329 e. The van der Waals surface area contributed by atoms with Crippen molar-refractivity contribution in [3.05, 3.63) is 65.2 Å². The lowest BCUT2D eigenvalue weighted by Crippen LogP contribution is -2.49. The first-order chi connectivity index (χ1) is 16.7. The second kappa shape index (κ2) is 12.4. The molecule has 1 fully saturated rings. The first-order valence-electron chi connectivity index (χ1n) is 13.3. The topological polar surface area (TPSA) is 41.9 Å². The number of esters is 1. The van der Waals surface area contributed by atoms with Crippen molar-refractivity contribution in [1.29, 1.82) is 0 Å². The second-order valence-corrected chi connectivity index (χ2v) is 10.7. The zero-order valence-corrected chi connectivity index (χ0v) is 22.8. The molecule has 0 saturated heterocycles. The van der Waals surface area contributed by atoms with Crippen LogP contribution in [0.3, 0.4) is 0 Å². The van der Waals surface area contributed by atoms with Gasteiger partial charge >= 0.3 is 5.97 Å². The Bertz CT molecular complexity index is 995. The number of nitrogens with zero attached hydrogens (tertiary/aromatic N) is 2. The Kier molecular flexibility index (Phi) is 9.54. The largest absolute Gasteiger partial charge is 0.461 e. The Morgan fingerprint density at radius 2 is 1.77 bits per heavy atom. The van der Waals surface area contributed by atoms with Crippen molar-refractivity contribution in [1.82, 2.24) is 0 Å². The molecular formula is C31H44N2O2. The van der Waals surface area contributed by atoms with Crippen LogP contribution in [0.15, 0.2) is 53.5 Å². The number of carbonyl (C=O) groups is 1. The predicted molar refractivity (Wildman–Crippen MR) is 147 cm³/mol. The van der Waals surface area contributed by atoms with Crippen LogP contribution in [0.4, 0.5) is 5.69 Å². The molecule has 0 bridgehead atoms. The van der Waals surface area contributed by atoms with Gasteiger partial charge in [0.15, 0.2) is 0 Å². The molecule has 0 aromatic heterocycles. The summed E-state index contributed by atoms with van der Waals surface area (Å²) in [6.07, 6.45) is 4.55. The lowest BCUT2D eigenvalue weighted by atomic mass is 9.75. The van der Waals surface area contributed by atoms with E-state index in [9.17, 15) is 4.79 Å². The molecule has 190 valence electrons. The molecule has 4 nitrogen and oxygen atoms in total. The summed E-state index contributed by atoms with van der Waals surface area (Å²) in [6.45, 7) is 13.1. The minimum absolute atomic E-state index is 0.0332. The lowest BCUT2D eigenvalue weighted by Gasteiger charge is -2.39. The first-order valence-corrected chi connectivity index (χ1v) is 13.3. The average molecular weight is 477 g/mol. The highest BCUT2D eigenvalue weighted by Crippen LogP contribution is 2.36. The maximum atomic E-state index is 14.1. The molecule has 0 N–H and O–H groups in total. The number of para-hydroxylation sites is 1. The molecule has 0 radical (unpaired) electrons. The molecule has 3 rings (SSSR count). The molecule has 2 aromatic carbocycles. The van der Waals surface area contributed by atoms with E-state index in [4.69, 9.17) is 4.74 Å². The van der Waals surface area contributed by atoms with E-state index in [0.717, 1.165) is 41.9 Å². The van der Waals surface area contributed by atoms with Gasteiger partial charge in [0.2, 0.25) is 0 Å². The number of rotatable bonds is 8. The van der Waals surface area contributed by atoms with Gasteiger partial charge in [-0.2, -0.15) is 0 Å². The fourth-order valence-electron chi connectivity index (χ4n) is 5.46. The Morgan fingerprint density at radius 1 is 1.09 bits per heavy atom. The molecule has 0 spiro atoms. The number of aliphatic imine (C=N–C) groups is 1. The Hall–Kier alpha value is -2.62. The van der Waals surface area contributed by atoms with Crippen molar-refractivity contribution < 1.29 is 9.53 Å². The van der Waals surface area contributed by atoms with Crippen molar-refractivity contribution in [2.75, 3.05) is 11.9 Å². The van der Waals surface area contributed by atoms with E-state index in [1.54, 1.807) is 0 Å². The third-order valence-corrected chi connectivity index (χ3v) is 7.59. The van der Waals surface area contributed by atoms with Crippen LogP contribution < -0.4 is 4.90 Å². The van der Waals surface area contributed by atoms with Gasteiger partial charge in [0, 0.05) is 25.6 Å². The number of aryl methyl sites for hydroxylation is 2. The van der Waals surface area contributed by atoms with Crippen molar-refractivity contribution in [2.24, 2.45) is 22.7 Å².